The molecule has 0 saturated carbocycles. The Labute approximate surface area is 441 Å². The van der Waals surface area contributed by atoms with E-state index in [1.54, 1.807) is 0 Å². The van der Waals surface area contributed by atoms with Crippen molar-refractivity contribution in [1.82, 2.24) is 0 Å². The van der Waals surface area contributed by atoms with Gasteiger partial charge in [0.1, 0.15) is 13.2 Å². The summed E-state index contributed by atoms with van der Waals surface area (Å²) in [6.07, 6.45) is 74.0. The molecular formula is C65H118O6. The summed E-state index contributed by atoms with van der Waals surface area (Å²) in [5.74, 6) is -0.927. The number of hydrogen-bond acceptors (Lipinski definition) is 6. The molecule has 0 aliphatic heterocycles. The van der Waals surface area contributed by atoms with Gasteiger partial charge in [-0.15, -0.1) is 0 Å². The molecule has 0 rings (SSSR count). The lowest BCUT2D eigenvalue weighted by Crippen LogP contribution is -2.30. The Balaban J connectivity index is 4.40. The predicted molar refractivity (Wildman–Crippen MR) is 307 cm³/mol. The molecule has 0 spiro atoms. The Morgan fingerprint density at radius 1 is 0.282 bits per heavy atom. The normalized spacial score (nSPS) is 12.3. The van der Waals surface area contributed by atoms with Crippen molar-refractivity contribution in [1.29, 1.82) is 0 Å². The second-order valence-electron chi connectivity index (χ2n) is 21.0. The van der Waals surface area contributed by atoms with Crippen LogP contribution in [0.15, 0.2) is 48.6 Å². The van der Waals surface area contributed by atoms with Gasteiger partial charge >= 0.3 is 17.9 Å². The van der Waals surface area contributed by atoms with E-state index in [0.29, 0.717) is 25.7 Å². The number of allylic oxidation sites excluding steroid dienone is 8. The highest BCUT2D eigenvalue weighted by Gasteiger charge is 2.19. The van der Waals surface area contributed by atoms with Gasteiger partial charge < -0.3 is 14.2 Å². The van der Waals surface area contributed by atoms with Crippen molar-refractivity contribution >= 4 is 17.9 Å². The van der Waals surface area contributed by atoms with Crippen LogP contribution in [0.1, 0.15) is 329 Å². The highest BCUT2D eigenvalue weighted by Crippen LogP contribution is 2.17. The molecule has 6 heteroatoms. The number of esters is 3. The zero-order valence-corrected chi connectivity index (χ0v) is 47.5. The molecule has 0 fully saturated rings. The highest BCUT2D eigenvalue weighted by molar-refractivity contribution is 5.71. The number of unbranched alkanes of at least 4 members (excludes halogenated alkanes) is 38. The molecule has 0 unspecified atom stereocenters. The quantitative estimate of drug-likeness (QED) is 0.0261. The van der Waals surface area contributed by atoms with Crippen molar-refractivity contribution in [3.8, 4) is 0 Å². The number of hydrogen-bond donors (Lipinski definition) is 0. The standard InChI is InChI=1S/C65H118O6/c1-4-7-10-13-16-19-22-25-28-31-32-35-37-40-43-46-49-52-55-58-64(67)70-61-62(71-65(68)59-56-53-50-47-44-41-38-34-30-27-24-21-18-15-12-9-6-3)60-69-63(66)57-54-51-48-45-42-39-36-33-29-26-23-20-17-14-11-8-5-2/h26-27,29-30,36,39,45,48,62H,4-25,28,31-35,37-38,40-44,46-47,49-61H2,1-3H3/b29-26-,30-27-,39-36-,48-45-/t62-/m1/s1. The lowest BCUT2D eigenvalue weighted by atomic mass is 10.0. The Morgan fingerprint density at radius 3 is 0.859 bits per heavy atom. The molecular weight excluding hydrogens is 877 g/mol. The first-order valence-electron chi connectivity index (χ1n) is 31.1. The fourth-order valence-electron chi connectivity index (χ4n) is 9.10. The minimum absolute atomic E-state index is 0.0869. The average Bonchev–Trinajstić information content (AvgIpc) is 3.37. The maximum Gasteiger partial charge on any atom is 0.306 e. The summed E-state index contributed by atoms with van der Waals surface area (Å²) >= 11 is 0. The average molecular weight is 996 g/mol. The van der Waals surface area contributed by atoms with Crippen LogP contribution in [0.4, 0.5) is 0 Å². The Kier molecular flexibility index (Phi) is 57.7. The van der Waals surface area contributed by atoms with Gasteiger partial charge in [0.25, 0.3) is 0 Å². The van der Waals surface area contributed by atoms with Crippen molar-refractivity contribution in [3.63, 3.8) is 0 Å². The lowest BCUT2D eigenvalue weighted by molar-refractivity contribution is -0.167. The second-order valence-corrected chi connectivity index (χ2v) is 21.0. The molecule has 6 nitrogen and oxygen atoms in total. The molecule has 0 aromatic carbocycles. The fourth-order valence-corrected chi connectivity index (χ4v) is 9.10. The van der Waals surface area contributed by atoms with Gasteiger partial charge in [-0.1, -0.05) is 281 Å². The van der Waals surface area contributed by atoms with Gasteiger partial charge in [-0.05, 0) is 77.0 Å². The first-order chi connectivity index (χ1) is 35.0. The van der Waals surface area contributed by atoms with E-state index < -0.39 is 6.10 Å². The van der Waals surface area contributed by atoms with E-state index in [0.717, 1.165) is 57.8 Å². The topological polar surface area (TPSA) is 78.9 Å². The van der Waals surface area contributed by atoms with Crippen LogP contribution >= 0.6 is 0 Å². The van der Waals surface area contributed by atoms with Crippen molar-refractivity contribution < 1.29 is 28.6 Å². The zero-order valence-electron chi connectivity index (χ0n) is 47.5. The van der Waals surface area contributed by atoms with Crippen LogP contribution in [0.25, 0.3) is 0 Å². The number of rotatable bonds is 57. The minimum Gasteiger partial charge on any atom is -0.462 e. The molecule has 0 aromatic rings. The van der Waals surface area contributed by atoms with Gasteiger partial charge in [0, 0.05) is 19.3 Å². The molecule has 0 aromatic heterocycles. The van der Waals surface area contributed by atoms with Crippen LogP contribution < -0.4 is 0 Å². The van der Waals surface area contributed by atoms with Crippen LogP contribution in [0.2, 0.25) is 0 Å². The highest BCUT2D eigenvalue weighted by atomic mass is 16.6. The molecule has 0 saturated heterocycles. The van der Waals surface area contributed by atoms with Crippen molar-refractivity contribution in [2.45, 2.75) is 335 Å². The zero-order chi connectivity index (χ0) is 51.4. The van der Waals surface area contributed by atoms with Crippen LogP contribution in [0, 0.1) is 0 Å². The van der Waals surface area contributed by atoms with E-state index in [-0.39, 0.29) is 31.1 Å². The monoisotopic (exact) mass is 995 g/mol. The van der Waals surface area contributed by atoms with Crippen LogP contribution in [-0.2, 0) is 28.6 Å². The van der Waals surface area contributed by atoms with Gasteiger partial charge in [-0.3, -0.25) is 14.4 Å². The van der Waals surface area contributed by atoms with E-state index in [1.807, 2.05) is 0 Å². The third kappa shape index (κ3) is 58.1. The third-order valence-electron chi connectivity index (χ3n) is 13.8. The SMILES string of the molecule is CCCCCCCC/C=C\C/C=C\C/C=C\CCCC(=O)OC[C@H](COC(=O)CCCCCCCCCCCCCCCCCCCCC)OC(=O)CCCCCCCCC/C=C\CCCCCCCC. The molecule has 0 heterocycles. The summed E-state index contributed by atoms with van der Waals surface area (Å²) in [4.78, 5) is 38.2. The van der Waals surface area contributed by atoms with Crippen molar-refractivity contribution in [2.75, 3.05) is 13.2 Å². The third-order valence-corrected chi connectivity index (χ3v) is 13.8. The van der Waals surface area contributed by atoms with Crippen LogP contribution in [0.3, 0.4) is 0 Å². The molecule has 0 bridgehead atoms. The number of carbonyl (C=O) groups excluding carboxylic acids is 3. The second kappa shape index (κ2) is 59.9. The first-order valence-corrected chi connectivity index (χ1v) is 31.1. The minimum atomic E-state index is -0.794. The molecule has 0 N–H and O–H groups in total. The maximum absolute atomic E-state index is 12.9. The molecule has 0 amide bonds. The first kappa shape index (κ1) is 68.4. The lowest BCUT2D eigenvalue weighted by Gasteiger charge is -2.18. The van der Waals surface area contributed by atoms with Gasteiger partial charge in [0.2, 0.25) is 0 Å². The Morgan fingerprint density at radius 2 is 0.521 bits per heavy atom. The van der Waals surface area contributed by atoms with E-state index in [9.17, 15) is 14.4 Å². The predicted octanol–water partition coefficient (Wildman–Crippen LogP) is 21.0. The van der Waals surface area contributed by atoms with Crippen molar-refractivity contribution in [2.24, 2.45) is 0 Å². The summed E-state index contributed by atoms with van der Waals surface area (Å²) < 4.78 is 16.9. The summed E-state index contributed by atoms with van der Waals surface area (Å²) in [7, 11) is 0. The van der Waals surface area contributed by atoms with Gasteiger partial charge in [0.05, 0.1) is 0 Å². The van der Waals surface area contributed by atoms with E-state index >= 15 is 0 Å². The summed E-state index contributed by atoms with van der Waals surface area (Å²) in [6.45, 7) is 6.63. The van der Waals surface area contributed by atoms with Gasteiger partial charge in [-0.2, -0.15) is 0 Å². The van der Waals surface area contributed by atoms with Crippen LogP contribution in [-0.4, -0.2) is 37.2 Å². The Hall–Kier alpha value is -2.63. The van der Waals surface area contributed by atoms with Crippen molar-refractivity contribution in [3.05, 3.63) is 48.6 Å². The van der Waals surface area contributed by atoms with E-state index in [4.69, 9.17) is 14.2 Å². The maximum atomic E-state index is 12.9. The van der Waals surface area contributed by atoms with E-state index in [1.165, 1.54) is 225 Å². The van der Waals surface area contributed by atoms with E-state index in [2.05, 4.69) is 69.4 Å². The summed E-state index contributed by atoms with van der Waals surface area (Å²) in [6, 6.07) is 0. The number of carbonyl (C=O) groups is 3. The molecule has 0 aliphatic carbocycles. The van der Waals surface area contributed by atoms with Crippen LogP contribution in [0.5, 0.6) is 0 Å². The smallest absolute Gasteiger partial charge is 0.306 e. The number of ether oxygens (including phenoxy) is 3. The Bertz CT molecular complexity index is 1230. The van der Waals surface area contributed by atoms with Gasteiger partial charge in [0.15, 0.2) is 6.10 Å². The summed E-state index contributed by atoms with van der Waals surface area (Å²) in [5, 5.41) is 0. The molecule has 0 aliphatic rings. The molecule has 0 radical (unpaired) electrons. The molecule has 1 atom stereocenters. The molecule has 71 heavy (non-hydrogen) atoms. The van der Waals surface area contributed by atoms with Gasteiger partial charge in [-0.25, -0.2) is 0 Å². The largest absolute Gasteiger partial charge is 0.462 e. The summed E-state index contributed by atoms with van der Waals surface area (Å²) in [5.41, 5.74) is 0. The molecule has 414 valence electrons. The fraction of sp³-hybridized carbons (Fsp3) is 0.831.